The lowest BCUT2D eigenvalue weighted by molar-refractivity contribution is -0.137. The van der Waals surface area contributed by atoms with Crippen LogP contribution in [0, 0.1) is 0 Å². The molecule has 0 saturated carbocycles. The maximum absolute atomic E-state index is 12.2. The summed E-state index contributed by atoms with van der Waals surface area (Å²) in [6.45, 7) is 1.99. The molecular formula is C19H23N3O5. The molecule has 0 radical (unpaired) electrons. The van der Waals surface area contributed by atoms with Crippen LogP contribution >= 0.6 is 0 Å². The Bertz CT molecular complexity index is 754. The number of ether oxygens (including phenoxy) is 2. The van der Waals surface area contributed by atoms with Gasteiger partial charge in [-0.15, -0.1) is 0 Å². The lowest BCUT2D eigenvalue weighted by Crippen LogP contribution is -2.41. The number of carboxylic acids is 1. The largest absolute Gasteiger partial charge is 0.491 e. The molecule has 1 amide bonds. The van der Waals surface area contributed by atoms with Gasteiger partial charge in [-0.05, 0) is 25.0 Å². The van der Waals surface area contributed by atoms with E-state index < -0.39 is 5.97 Å². The molecule has 0 aliphatic carbocycles. The lowest BCUT2D eigenvalue weighted by Gasteiger charge is -2.32. The van der Waals surface area contributed by atoms with Gasteiger partial charge in [-0.25, -0.2) is 4.79 Å². The standard InChI is InChI=1S/C19H23N3O5/c23-18(14-26-10-11-27-17-4-2-1-3-5-17)21-8-6-16(7-9-21)22-13-15(12-20-22)19(24)25/h1-5,12-13,16H,6-11,14H2,(H,24,25). The molecular weight excluding hydrogens is 350 g/mol. The van der Waals surface area contributed by atoms with Crippen LogP contribution in [0.2, 0.25) is 0 Å². The van der Waals surface area contributed by atoms with Crippen molar-refractivity contribution in [3.05, 3.63) is 48.3 Å². The first-order valence-corrected chi connectivity index (χ1v) is 8.94. The van der Waals surface area contributed by atoms with Crippen molar-refractivity contribution in [2.75, 3.05) is 32.9 Å². The number of aromatic carboxylic acids is 1. The fraction of sp³-hybridized carbons (Fsp3) is 0.421. The smallest absolute Gasteiger partial charge is 0.338 e. The number of hydrogen-bond acceptors (Lipinski definition) is 5. The molecule has 8 nitrogen and oxygen atoms in total. The van der Waals surface area contributed by atoms with E-state index in [9.17, 15) is 9.59 Å². The van der Waals surface area contributed by atoms with Crippen LogP contribution in [-0.2, 0) is 9.53 Å². The number of likely N-dealkylation sites (tertiary alicyclic amines) is 1. The van der Waals surface area contributed by atoms with E-state index in [-0.39, 0.29) is 24.1 Å². The molecule has 2 heterocycles. The topological polar surface area (TPSA) is 93.9 Å². The molecule has 1 aliphatic heterocycles. The lowest BCUT2D eigenvalue weighted by atomic mass is 10.1. The number of amides is 1. The van der Waals surface area contributed by atoms with Gasteiger partial charge in [0, 0.05) is 19.3 Å². The zero-order valence-electron chi connectivity index (χ0n) is 15.0. The number of aromatic nitrogens is 2. The summed E-state index contributed by atoms with van der Waals surface area (Å²) in [6, 6.07) is 9.57. The van der Waals surface area contributed by atoms with E-state index in [4.69, 9.17) is 14.6 Å². The maximum Gasteiger partial charge on any atom is 0.338 e. The molecule has 3 rings (SSSR count). The van der Waals surface area contributed by atoms with Crippen LogP contribution in [0.3, 0.4) is 0 Å². The third kappa shape index (κ3) is 5.30. The minimum atomic E-state index is -0.984. The molecule has 1 aliphatic rings. The van der Waals surface area contributed by atoms with Crippen molar-refractivity contribution < 1.29 is 24.2 Å². The molecule has 144 valence electrons. The van der Waals surface area contributed by atoms with Crippen molar-refractivity contribution in [1.29, 1.82) is 0 Å². The fourth-order valence-corrected chi connectivity index (χ4v) is 3.01. The number of carbonyl (C=O) groups excluding carboxylic acids is 1. The first-order valence-electron chi connectivity index (χ1n) is 8.94. The van der Waals surface area contributed by atoms with Gasteiger partial charge in [0.2, 0.25) is 5.91 Å². The molecule has 1 aromatic carbocycles. The Morgan fingerprint density at radius 3 is 2.56 bits per heavy atom. The van der Waals surface area contributed by atoms with E-state index in [2.05, 4.69) is 5.10 Å². The molecule has 8 heteroatoms. The molecule has 0 atom stereocenters. The Balaban J connectivity index is 1.34. The van der Waals surface area contributed by atoms with E-state index in [1.54, 1.807) is 15.8 Å². The van der Waals surface area contributed by atoms with Crippen LogP contribution in [0.5, 0.6) is 5.75 Å². The van der Waals surface area contributed by atoms with Crippen molar-refractivity contribution in [2.24, 2.45) is 0 Å². The summed E-state index contributed by atoms with van der Waals surface area (Å²) in [7, 11) is 0. The number of para-hydroxylation sites is 1. The van der Waals surface area contributed by atoms with E-state index in [0.29, 0.717) is 26.3 Å². The van der Waals surface area contributed by atoms with Crippen LogP contribution in [0.4, 0.5) is 0 Å². The summed E-state index contributed by atoms with van der Waals surface area (Å²) < 4.78 is 12.6. The number of rotatable bonds is 8. The second-order valence-corrected chi connectivity index (χ2v) is 6.34. The number of carbonyl (C=O) groups is 2. The number of benzene rings is 1. The van der Waals surface area contributed by atoms with Crippen LogP contribution in [0.15, 0.2) is 42.7 Å². The monoisotopic (exact) mass is 373 g/mol. The van der Waals surface area contributed by atoms with Gasteiger partial charge < -0.3 is 19.5 Å². The SMILES string of the molecule is O=C(O)c1cnn(C2CCN(C(=O)COCCOc3ccccc3)CC2)c1. The highest BCUT2D eigenvalue weighted by atomic mass is 16.5. The molecule has 27 heavy (non-hydrogen) atoms. The summed E-state index contributed by atoms with van der Waals surface area (Å²) in [6.07, 6.45) is 4.37. The third-order valence-electron chi connectivity index (χ3n) is 4.50. The van der Waals surface area contributed by atoms with Crippen molar-refractivity contribution in [1.82, 2.24) is 14.7 Å². The van der Waals surface area contributed by atoms with Gasteiger partial charge in [-0.2, -0.15) is 5.10 Å². The highest BCUT2D eigenvalue weighted by molar-refractivity contribution is 5.86. The minimum Gasteiger partial charge on any atom is -0.491 e. The molecule has 0 bridgehead atoms. The van der Waals surface area contributed by atoms with Crippen LogP contribution in [-0.4, -0.2) is 64.6 Å². The van der Waals surface area contributed by atoms with Gasteiger partial charge in [0.25, 0.3) is 0 Å². The predicted molar refractivity (Wildman–Crippen MR) is 96.8 cm³/mol. The first kappa shape index (κ1) is 18.9. The number of hydrogen-bond donors (Lipinski definition) is 1. The average molecular weight is 373 g/mol. The average Bonchev–Trinajstić information content (AvgIpc) is 3.19. The Kier molecular flexibility index (Phi) is 6.43. The molecule has 0 spiro atoms. The van der Waals surface area contributed by atoms with Gasteiger partial charge in [-0.3, -0.25) is 9.48 Å². The summed E-state index contributed by atoms with van der Waals surface area (Å²) in [5.41, 5.74) is 0.180. The van der Waals surface area contributed by atoms with Gasteiger partial charge in [-0.1, -0.05) is 18.2 Å². The van der Waals surface area contributed by atoms with Gasteiger partial charge in [0.05, 0.1) is 24.4 Å². The highest BCUT2D eigenvalue weighted by Gasteiger charge is 2.24. The summed E-state index contributed by atoms with van der Waals surface area (Å²) >= 11 is 0. The minimum absolute atomic E-state index is 0.0355. The normalized spacial score (nSPS) is 14.9. The van der Waals surface area contributed by atoms with Crippen LogP contribution in [0.1, 0.15) is 29.2 Å². The second-order valence-electron chi connectivity index (χ2n) is 6.34. The van der Waals surface area contributed by atoms with E-state index in [0.717, 1.165) is 18.6 Å². The first-order chi connectivity index (χ1) is 13.1. The highest BCUT2D eigenvalue weighted by Crippen LogP contribution is 2.22. The molecule has 1 saturated heterocycles. The molecule has 1 fully saturated rings. The van der Waals surface area contributed by atoms with Crippen molar-refractivity contribution in [3.8, 4) is 5.75 Å². The quantitative estimate of drug-likeness (QED) is 0.710. The van der Waals surface area contributed by atoms with Gasteiger partial charge in [0.15, 0.2) is 0 Å². The van der Waals surface area contributed by atoms with Gasteiger partial charge >= 0.3 is 5.97 Å². The Hall–Kier alpha value is -2.87. The maximum atomic E-state index is 12.2. The van der Waals surface area contributed by atoms with Crippen LogP contribution in [0.25, 0.3) is 0 Å². The van der Waals surface area contributed by atoms with E-state index in [1.807, 2.05) is 30.3 Å². The molecule has 2 aromatic rings. The zero-order valence-corrected chi connectivity index (χ0v) is 15.0. The summed E-state index contributed by atoms with van der Waals surface area (Å²) in [4.78, 5) is 24.9. The van der Waals surface area contributed by atoms with Crippen molar-refractivity contribution in [2.45, 2.75) is 18.9 Å². The molecule has 0 unspecified atom stereocenters. The Morgan fingerprint density at radius 2 is 1.89 bits per heavy atom. The van der Waals surface area contributed by atoms with Gasteiger partial charge in [0.1, 0.15) is 19.0 Å². The summed E-state index contributed by atoms with van der Waals surface area (Å²) in [5, 5.41) is 13.1. The second kappa shape index (κ2) is 9.18. The van der Waals surface area contributed by atoms with Crippen molar-refractivity contribution in [3.63, 3.8) is 0 Å². The van der Waals surface area contributed by atoms with Crippen LogP contribution < -0.4 is 4.74 Å². The fourth-order valence-electron chi connectivity index (χ4n) is 3.01. The molecule has 1 N–H and O–H groups in total. The predicted octanol–water partition coefficient (Wildman–Crippen LogP) is 1.84. The number of piperidine rings is 1. The number of nitrogens with zero attached hydrogens (tertiary/aromatic N) is 3. The van der Waals surface area contributed by atoms with E-state index >= 15 is 0 Å². The van der Waals surface area contributed by atoms with E-state index in [1.165, 1.54) is 6.20 Å². The molecule has 1 aromatic heterocycles. The summed E-state index contributed by atoms with van der Waals surface area (Å²) in [5.74, 6) is -0.249. The third-order valence-corrected chi connectivity index (χ3v) is 4.50. The Morgan fingerprint density at radius 1 is 1.15 bits per heavy atom. The number of carboxylic acid groups (broad SMARTS) is 1. The zero-order chi connectivity index (χ0) is 19.1. The van der Waals surface area contributed by atoms with Crippen molar-refractivity contribution >= 4 is 11.9 Å². The Labute approximate surface area is 157 Å².